The number of anilines is 1. The highest BCUT2D eigenvalue weighted by atomic mass is 32.1. The minimum absolute atomic E-state index is 0.0421. The van der Waals surface area contributed by atoms with E-state index in [1.54, 1.807) is 24.1 Å². The van der Waals surface area contributed by atoms with Gasteiger partial charge in [0.25, 0.3) is 5.91 Å². The molecule has 0 saturated heterocycles. The van der Waals surface area contributed by atoms with Crippen LogP contribution in [-0.4, -0.2) is 22.7 Å². The van der Waals surface area contributed by atoms with Crippen molar-refractivity contribution >= 4 is 33.1 Å². The summed E-state index contributed by atoms with van der Waals surface area (Å²) in [5, 5.41) is 5.57. The van der Waals surface area contributed by atoms with Crippen molar-refractivity contribution in [1.29, 1.82) is 0 Å². The van der Waals surface area contributed by atoms with Gasteiger partial charge in [-0.25, -0.2) is 4.39 Å². The van der Waals surface area contributed by atoms with Crippen LogP contribution in [0.15, 0.2) is 54.6 Å². The van der Waals surface area contributed by atoms with Gasteiger partial charge in [-0.15, -0.1) is 11.3 Å². The lowest BCUT2D eigenvalue weighted by Gasteiger charge is -2.16. The Hall–Kier alpha value is -2.99. The van der Waals surface area contributed by atoms with E-state index in [-0.39, 0.29) is 11.7 Å². The van der Waals surface area contributed by atoms with E-state index in [0.717, 1.165) is 32.7 Å². The first-order chi connectivity index (χ1) is 13.4. The Balaban J connectivity index is 1.66. The number of carbonyl (C=O) groups is 1. The zero-order chi connectivity index (χ0) is 19.8. The number of benzene rings is 2. The Labute approximate surface area is 166 Å². The first kappa shape index (κ1) is 18.4. The van der Waals surface area contributed by atoms with Gasteiger partial charge in [0.15, 0.2) is 0 Å². The van der Waals surface area contributed by atoms with Gasteiger partial charge in [-0.3, -0.25) is 9.48 Å². The van der Waals surface area contributed by atoms with Crippen molar-refractivity contribution in [2.24, 2.45) is 0 Å². The minimum atomic E-state index is -0.256. The average molecular weight is 393 g/mol. The van der Waals surface area contributed by atoms with E-state index in [2.05, 4.69) is 5.10 Å². The van der Waals surface area contributed by atoms with Crippen LogP contribution >= 0.6 is 11.3 Å². The molecule has 2 aromatic carbocycles. The molecule has 0 radical (unpaired) electrons. The number of amides is 1. The summed E-state index contributed by atoms with van der Waals surface area (Å²) in [5.74, 6) is -0.298. The predicted octanol–water partition coefficient (Wildman–Crippen LogP) is 5.18. The maximum Gasteiger partial charge on any atom is 0.268 e. The summed E-state index contributed by atoms with van der Waals surface area (Å²) in [6.07, 6.45) is 0. The monoisotopic (exact) mass is 393 g/mol. The van der Waals surface area contributed by atoms with Crippen LogP contribution in [0.25, 0.3) is 10.2 Å². The van der Waals surface area contributed by atoms with Crippen LogP contribution < -0.4 is 4.90 Å². The van der Waals surface area contributed by atoms with Crippen LogP contribution in [0, 0.1) is 19.7 Å². The van der Waals surface area contributed by atoms with Gasteiger partial charge in [0.1, 0.15) is 10.6 Å². The van der Waals surface area contributed by atoms with E-state index in [9.17, 15) is 9.18 Å². The van der Waals surface area contributed by atoms with E-state index in [1.165, 1.54) is 23.5 Å². The summed E-state index contributed by atoms with van der Waals surface area (Å²) in [4.78, 5) is 16.3. The molecule has 0 atom stereocenters. The van der Waals surface area contributed by atoms with E-state index >= 15 is 0 Å². The molecule has 4 rings (SSSR count). The molecule has 28 heavy (non-hydrogen) atoms. The van der Waals surface area contributed by atoms with Gasteiger partial charge in [-0.1, -0.05) is 24.3 Å². The molecule has 0 N–H and O–H groups in total. The fraction of sp³-hybridized carbons (Fsp3) is 0.182. The molecule has 4 nitrogen and oxygen atoms in total. The predicted molar refractivity (Wildman–Crippen MR) is 112 cm³/mol. The average Bonchev–Trinajstić information content (AvgIpc) is 3.24. The fourth-order valence-corrected chi connectivity index (χ4v) is 4.34. The number of fused-ring (bicyclic) bond motifs is 1. The summed E-state index contributed by atoms with van der Waals surface area (Å²) >= 11 is 1.44. The van der Waals surface area contributed by atoms with Crippen LogP contribution in [0.3, 0.4) is 0 Å². The maximum atomic E-state index is 13.2. The van der Waals surface area contributed by atoms with E-state index in [4.69, 9.17) is 0 Å². The molecule has 6 heteroatoms. The van der Waals surface area contributed by atoms with Gasteiger partial charge in [-0.2, -0.15) is 5.10 Å². The standard InChI is InChI=1S/C22H20FN3OS/c1-14-5-4-6-18(11-14)25(3)21(27)20-12-19-15(2)24-26(22(19)28-20)13-16-7-9-17(23)10-8-16/h4-12H,13H2,1-3H3. The number of hydrogen-bond donors (Lipinski definition) is 0. The van der Waals surface area contributed by atoms with Crippen LogP contribution in [0.1, 0.15) is 26.5 Å². The zero-order valence-electron chi connectivity index (χ0n) is 15.9. The van der Waals surface area contributed by atoms with Gasteiger partial charge >= 0.3 is 0 Å². The Kier molecular flexibility index (Phi) is 4.73. The molecule has 0 aliphatic rings. The number of thiophene rings is 1. The third-order valence-electron chi connectivity index (χ3n) is 4.76. The Morgan fingerprint density at radius 1 is 1.14 bits per heavy atom. The number of aromatic nitrogens is 2. The number of hydrogen-bond acceptors (Lipinski definition) is 3. The molecule has 4 aromatic rings. The SMILES string of the molecule is Cc1cccc(N(C)C(=O)c2cc3c(C)nn(Cc4ccc(F)cc4)c3s2)c1. The Morgan fingerprint density at radius 3 is 2.61 bits per heavy atom. The molecule has 0 aliphatic heterocycles. The third kappa shape index (κ3) is 3.43. The van der Waals surface area contributed by atoms with Gasteiger partial charge in [-0.05, 0) is 55.3 Å². The van der Waals surface area contributed by atoms with Crippen LogP contribution in [0.2, 0.25) is 0 Å². The lowest BCUT2D eigenvalue weighted by atomic mass is 10.2. The molecular formula is C22H20FN3OS. The van der Waals surface area contributed by atoms with Crippen molar-refractivity contribution in [3.05, 3.63) is 82.1 Å². The number of rotatable bonds is 4. The molecule has 2 heterocycles. The van der Waals surface area contributed by atoms with Crippen molar-refractivity contribution in [2.45, 2.75) is 20.4 Å². The molecule has 0 saturated carbocycles. The van der Waals surface area contributed by atoms with Gasteiger partial charge in [0, 0.05) is 18.1 Å². The fourth-order valence-electron chi connectivity index (χ4n) is 3.21. The highest BCUT2D eigenvalue weighted by molar-refractivity contribution is 7.20. The first-order valence-electron chi connectivity index (χ1n) is 8.98. The molecule has 0 bridgehead atoms. The normalized spacial score (nSPS) is 11.1. The lowest BCUT2D eigenvalue weighted by molar-refractivity contribution is 0.0997. The highest BCUT2D eigenvalue weighted by Gasteiger charge is 2.20. The maximum absolute atomic E-state index is 13.2. The van der Waals surface area contributed by atoms with Crippen molar-refractivity contribution < 1.29 is 9.18 Å². The topological polar surface area (TPSA) is 38.1 Å². The Bertz CT molecular complexity index is 1160. The van der Waals surface area contributed by atoms with Crippen molar-refractivity contribution in [3.63, 3.8) is 0 Å². The van der Waals surface area contributed by atoms with Crippen LogP contribution in [0.4, 0.5) is 10.1 Å². The second kappa shape index (κ2) is 7.20. The van der Waals surface area contributed by atoms with E-state index in [1.807, 2.05) is 48.9 Å². The first-order valence-corrected chi connectivity index (χ1v) is 9.80. The Morgan fingerprint density at radius 2 is 1.89 bits per heavy atom. The van der Waals surface area contributed by atoms with Crippen LogP contribution in [-0.2, 0) is 6.54 Å². The van der Waals surface area contributed by atoms with Crippen molar-refractivity contribution in [2.75, 3.05) is 11.9 Å². The molecular weight excluding hydrogens is 373 g/mol. The largest absolute Gasteiger partial charge is 0.311 e. The summed E-state index contributed by atoms with van der Waals surface area (Å²) in [5.41, 5.74) is 3.82. The number of carbonyl (C=O) groups excluding carboxylic acids is 1. The number of nitrogens with zero attached hydrogens (tertiary/aromatic N) is 3. The van der Waals surface area contributed by atoms with Crippen molar-refractivity contribution in [3.8, 4) is 0 Å². The number of aryl methyl sites for hydroxylation is 2. The quantitative estimate of drug-likeness (QED) is 0.479. The molecule has 142 valence electrons. The van der Waals surface area contributed by atoms with Gasteiger partial charge in [0.2, 0.25) is 0 Å². The van der Waals surface area contributed by atoms with E-state index < -0.39 is 0 Å². The summed E-state index contributed by atoms with van der Waals surface area (Å²) < 4.78 is 15.0. The van der Waals surface area contributed by atoms with Crippen LogP contribution in [0.5, 0.6) is 0 Å². The second-order valence-corrected chi connectivity index (χ2v) is 7.93. The van der Waals surface area contributed by atoms with Crippen molar-refractivity contribution in [1.82, 2.24) is 9.78 Å². The molecule has 0 spiro atoms. The zero-order valence-corrected chi connectivity index (χ0v) is 16.8. The molecule has 0 aliphatic carbocycles. The molecule has 0 unspecified atom stereocenters. The molecule has 1 amide bonds. The third-order valence-corrected chi connectivity index (χ3v) is 5.89. The summed E-state index contributed by atoms with van der Waals surface area (Å²) in [6.45, 7) is 4.48. The molecule has 2 aromatic heterocycles. The minimum Gasteiger partial charge on any atom is -0.311 e. The highest BCUT2D eigenvalue weighted by Crippen LogP contribution is 2.30. The molecule has 0 fully saturated rings. The van der Waals surface area contributed by atoms with E-state index in [0.29, 0.717) is 11.4 Å². The number of halogens is 1. The second-order valence-electron chi connectivity index (χ2n) is 6.90. The summed E-state index contributed by atoms with van der Waals surface area (Å²) in [6, 6.07) is 16.2. The van der Waals surface area contributed by atoms with Gasteiger partial charge in [0.05, 0.1) is 17.1 Å². The summed E-state index contributed by atoms with van der Waals surface area (Å²) in [7, 11) is 1.79. The lowest BCUT2D eigenvalue weighted by Crippen LogP contribution is -2.25. The van der Waals surface area contributed by atoms with Gasteiger partial charge < -0.3 is 4.90 Å². The smallest absolute Gasteiger partial charge is 0.268 e.